The molecule has 0 bridgehead atoms. The maximum Gasteiger partial charge on any atom is 0.161 e. The standard InChI is InChI=1S/C16H22N2OS/c1-5-16(4)13-11(18-15-14(16)20-8-17-15)6-10(9(2)3)7-12(13)19/h8-10,18H,5-7H2,1-4H3/t10-,16-/m1/s1. The largest absolute Gasteiger partial charge is 0.342 e. The summed E-state index contributed by atoms with van der Waals surface area (Å²) in [7, 11) is 0. The van der Waals surface area contributed by atoms with Crippen molar-refractivity contribution < 1.29 is 4.79 Å². The molecule has 2 heterocycles. The summed E-state index contributed by atoms with van der Waals surface area (Å²) in [6.07, 6.45) is 2.62. The number of fused-ring (bicyclic) bond motifs is 1. The van der Waals surface area contributed by atoms with E-state index >= 15 is 0 Å². The highest BCUT2D eigenvalue weighted by atomic mass is 32.1. The van der Waals surface area contributed by atoms with Crippen LogP contribution in [0, 0.1) is 11.8 Å². The molecule has 3 rings (SSSR count). The van der Waals surface area contributed by atoms with Gasteiger partial charge in [-0.25, -0.2) is 4.98 Å². The minimum absolute atomic E-state index is 0.157. The smallest absolute Gasteiger partial charge is 0.161 e. The summed E-state index contributed by atoms with van der Waals surface area (Å²) in [5.74, 6) is 2.30. The van der Waals surface area contributed by atoms with E-state index in [1.165, 1.54) is 4.88 Å². The Morgan fingerprint density at radius 3 is 2.90 bits per heavy atom. The van der Waals surface area contributed by atoms with Crippen LogP contribution in [0.15, 0.2) is 16.8 Å². The second kappa shape index (κ2) is 4.69. The Morgan fingerprint density at radius 2 is 2.25 bits per heavy atom. The number of nitrogens with zero attached hydrogens (tertiary/aromatic N) is 1. The second-order valence-electron chi connectivity index (χ2n) is 6.53. The molecule has 0 amide bonds. The van der Waals surface area contributed by atoms with Crippen molar-refractivity contribution in [3.8, 4) is 0 Å². The van der Waals surface area contributed by atoms with Crippen LogP contribution in [-0.2, 0) is 10.2 Å². The molecule has 1 aromatic heterocycles. The third kappa shape index (κ3) is 1.85. The van der Waals surface area contributed by atoms with E-state index < -0.39 is 0 Å². The fourth-order valence-corrected chi connectivity index (χ4v) is 4.48. The quantitative estimate of drug-likeness (QED) is 0.890. The summed E-state index contributed by atoms with van der Waals surface area (Å²) in [4.78, 5) is 18.4. The molecule has 2 atom stereocenters. The monoisotopic (exact) mass is 290 g/mol. The average Bonchev–Trinajstić information content (AvgIpc) is 2.86. The molecule has 0 unspecified atom stereocenters. The van der Waals surface area contributed by atoms with E-state index in [1.54, 1.807) is 11.3 Å². The zero-order valence-corrected chi connectivity index (χ0v) is 13.4. The molecule has 20 heavy (non-hydrogen) atoms. The predicted octanol–water partition coefficient (Wildman–Crippen LogP) is 4.13. The summed E-state index contributed by atoms with van der Waals surface area (Å²) >= 11 is 1.66. The number of nitrogens with one attached hydrogen (secondary N) is 1. The second-order valence-corrected chi connectivity index (χ2v) is 7.38. The number of allylic oxidation sites excluding steroid dienone is 2. The van der Waals surface area contributed by atoms with Crippen LogP contribution in [0.1, 0.15) is 51.8 Å². The van der Waals surface area contributed by atoms with Gasteiger partial charge in [-0.05, 0) is 24.7 Å². The maximum atomic E-state index is 12.7. The molecule has 0 spiro atoms. The van der Waals surface area contributed by atoms with Gasteiger partial charge in [0.1, 0.15) is 5.82 Å². The number of carbonyl (C=O) groups is 1. The summed E-state index contributed by atoms with van der Waals surface area (Å²) in [6.45, 7) is 8.79. The Balaban J connectivity index is 2.10. The molecule has 1 aliphatic heterocycles. The highest BCUT2D eigenvalue weighted by molar-refractivity contribution is 7.10. The normalized spacial score (nSPS) is 29.2. The van der Waals surface area contributed by atoms with Gasteiger partial charge in [0.2, 0.25) is 0 Å². The molecule has 1 aliphatic carbocycles. The number of hydrogen-bond acceptors (Lipinski definition) is 4. The number of carbonyl (C=O) groups excluding carboxylic acids is 1. The molecule has 0 saturated carbocycles. The lowest BCUT2D eigenvalue weighted by atomic mass is 9.67. The van der Waals surface area contributed by atoms with Crippen molar-refractivity contribution >= 4 is 22.9 Å². The van der Waals surface area contributed by atoms with Gasteiger partial charge in [-0.15, -0.1) is 11.3 Å². The summed E-state index contributed by atoms with van der Waals surface area (Å²) in [5, 5.41) is 3.44. The van der Waals surface area contributed by atoms with Crippen molar-refractivity contribution in [2.45, 2.75) is 52.4 Å². The van der Waals surface area contributed by atoms with Crippen molar-refractivity contribution in [2.75, 3.05) is 5.32 Å². The minimum Gasteiger partial charge on any atom is -0.342 e. The molecule has 0 fully saturated rings. The molecule has 0 saturated heterocycles. The van der Waals surface area contributed by atoms with E-state index in [-0.39, 0.29) is 5.41 Å². The average molecular weight is 290 g/mol. The fourth-order valence-electron chi connectivity index (χ4n) is 3.49. The molecule has 4 heteroatoms. The van der Waals surface area contributed by atoms with E-state index in [4.69, 9.17) is 0 Å². The van der Waals surface area contributed by atoms with E-state index in [1.807, 2.05) is 5.51 Å². The molecule has 0 aromatic carbocycles. The van der Waals surface area contributed by atoms with Gasteiger partial charge in [0.15, 0.2) is 5.78 Å². The van der Waals surface area contributed by atoms with Gasteiger partial charge in [-0.2, -0.15) is 0 Å². The molecular formula is C16H22N2OS. The number of thiazole rings is 1. The third-order valence-corrected chi connectivity index (χ3v) is 6.12. The Labute approximate surface area is 124 Å². The van der Waals surface area contributed by atoms with Crippen molar-refractivity contribution in [1.29, 1.82) is 0 Å². The first kappa shape index (κ1) is 13.8. The van der Waals surface area contributed by atoms with Gasteiger partial charge in [0.05, 0.1) is 10.4 Å². The van der Waals surface area contributed by atoms with Gasteiger partial charge in [-0.1, -0.05) is 27.7 Å². The van der Waals surface area contributed by atoms with Gasteiger partial charge in [0.25, 0.3) is 0 Å². The van der Waals surface area contributed by atoms with Crippen LogP contribution in [0.5, 0.6) is 0 Å². The molecule has 3 nitrogen and oxygen atoms in total. The molecule has 108 valence electrons. The first-order valence-corrected chi connectivity index (χ1v) is 8.33. The third-order valence-electron chi connectivity index (χ3n) is 5.03. The van der Waals surface area contributed by atoms with E-state index in [2.05, 4.69) is 38.0 Å². The van der Waals surface area contributed by atoms with Gasteiger partial charge < -0.3 is 5.32 Å². The number of rotatable bonds is 2. The van der Waals surface area contributed by atoms with Crippen LogP contribution >= 0.6 is 11.3 Å². The van der Waals surface area contributed by atoms with Crippen LogP contribution in [-0.4, -0.2) is 10.8 Å². The summed E-state index contributed by atoms with van der Waals surface area (Å²) in [6, 6.07) is 0. The van der Waals surface area contributed by atoms with Crippen molar-refractivity contribution in [1.82, 2.24) is 4.98 Å². The lowest BCUT2D eigenvalue weighted by Gasteiger charge is -2.41. The molecule has 2 aliphatic rings. The van der Waals surface area contributed by atoms with E-state index in [0.717, 1.165) is 29.9 Å². The lowest BCUT2D eigenvalue weighted by Crippen LogP contribution is -2.39. The number of ketones is 1. The Morgan fingerprint density at radius 1 is 1.50 bits per heavy atom. The Kier molecular flexibility index (Phi) is 3.24. The summed E-state index contributed by atoms with van der Waals surface area (Å²) in [5.41, 5.74) is 3.88. The Bertz CT molecular complexity index is 587. The molecule has 0 radical (unpaired) electrons. The van der Waals surface area contributed by atoms with Gasteiger partial charge >= 0.3 is 0 Å². The maximum absolute atomic E-state index is 12.7. The number of Topliss-reactive ketones (excluding diaryl/α,β-unsaturated/α-hetero) is 1. The number of hydrogen-bond donors (Lipinski definition) is 1. The number of anilines is 1. The fraction of sp³-hybridized carbons (Fsp3) is 0.625. The van der Waals surface area contributed by atoms with Crippen LogP contribution in [0.25, 0.3) is 0 Å². The van der Waals surface area contributed by atoms with Gasteiger partial charge in [-0.3, -0.25) is 4.79 Å². The van der Waals surface area contributed by atoms with Crippen LogP contribution in [0.3, 0.4) is 0 Å². The van der Waals surface area contributed by atoms with E-state index in [0.29, 0.717) is 24.0 Å². The highest BCUT2D eigenvalue weighted by Crippen LogP contribution is 2.50. The van der Waals surface area contributed by atoms with Crippen molar-refractivity contribution in [3.05, 3.63) is 21.7 Å². The van der Waals surface area contributed by atoms with Crippen LogP contribution < -0.4 is 5.32 Å². The SMILES string of the molecule is CC[C@]1(C)C2=C(C[C@@H](C(C)C)CC2=O)Nc2ncsc21. The van der Waals surface area contributed by atoms with Crippen LogP contribution in [0.2, 0.25) is 0 Å². The van der Waals surface area contributed by atoms with Gasteiger partial charge in [0, 0.05) is 23.1 Å². The Hall–Kier alpha value is -1.16. The lowest BCUT2D eigenvalue weighted by molar-refractivity contribution is -0.118. The zero-order chi connectivity index (χ0) is 14.5. The number of aromatic nitrogens is 1. The van der Waals surface area contributed by atoms with Crippen molar-refractivity contribution in [2.24, 2.45) is 11.8 Å². The van der Waals surface area contributed by atoms with E-state index in [9.17, 15) is 4.79 Å². The topological polar surface area (TPSA) is 42.0 Å². The highest BCUT2D eigenvalue weighted by Gasteiger charge is 2.45. The molecule has 1 aromatic rings. The summed E-state index contributed by atoms with van der Waals surface area (Å²) < 4.78 is 0. The first-order valence-electron chi connectivity index (χ1n) is 7.45. The first-order chi connectivity index (χ1) is 9.47. The molecular weight excluding hydrogens is 268 g/mol. The molecule has 1 N–H and O–H groups in total. The van der Waals surface area contributed by atoms with Crippen molar-refractivity contribution in [3.63, 3.8) is 0 Å². The minimum atomic E-state index is -0.157. The predicted molar refractivity (Wildman–Crippen MR) is 83.0 cm³/mol. The van der Waals surface area contributed by atoms with Crippen LogP contribution in [0.4, 0.5) is 5.82 Å². The zero-order valence-electron chi connectivity index (χ0n) is 12.6.